The maximum absolute atomic E-state index is 13.6. The number of likely N-dealkylation sites (tertiary alicyclic amines) is 1. The fourth-order valence-corrected chi connectivity index (χ4v) is 10.6. The third-order valence-electron chi connectivity index (χ3n) is 13.8. The molecule has 2 saturated carbocycles. The number of carboxylic acids is 1. The highest BCUT2D eigenvalue weighted by Crippen LogP contribution is 2.48. The van der Waals surface area contributed by atoms with E-state index in [-0.39, 0.29) is 104 Å². The van der Waals surface area contributed by atoms with Gasteiger partial charge in [0, 0.05) is 95.0 Å². The van der Waals surface area contributed by atoms with E-state index in [1.807, 2.05) is 30.3 Å². The molecule has 0 unspecified atom stereocenters. The predicted molar refractivity (Wildman–Crippen MR) is 326 cm³/mol. The van der Waals surface area contributed by atoms with Crippen LogP contribution in [0, 0.1) is 11.8 Å². The lowest BCUT2D eigenvalue weighted by Crippen LogP contribution is -2.46. The standard InChI is InChI=1S/C27H24BrN7O4.C16H14N4O4.C11H12BrN3O.ClH.S2.H2S/c1-14(36)25-18-8-15(17-11-29-27(39-2)30-12-17)6-7-19(18)34(33-25)13-24(37)35-20-9-16(20)10-21(35)26(38)32-23-5-3-4-22(28)31-23;1-9(21)15-12-5-10(11-6-17-16(24-2)18-7-11)3-4-13(12)20(19-15)8-14(22)23;12-9-2-1-3-10(14-9)15-11(16)8-5-6-4-7(6)13-8;;1-2;/h3-8,11-12,16,20-21H,9-10,13H2,1-2H3,(H,31,32,38);3-7H,8H2,1-2H3,(H,22,23);1-3,6-8,13H,4-5H2,(H,14,15,16);1H;;1H2/t16-,20-,21+;;6-,7-,8+;;;/m1.1.../s1. The van der Waals surface area contributed by atoms with Gasteiger partial charge in [-0.2, -0.15) is 23.7 Å². The average Bonchev–Trinajstić information content (AvgIpc) is 2.35. The van der Waals surface area contributed by atoms with Crippen molar-refractivity contribution in [3.05, 3.63) is 118 Å². The molecule has 432 valence electrons. The van der Waals surface area contributed by atoms with Crippen molar-refractivity contribution >= 4 is 149 Å². The van der Waals surface area contributed by atoms with Crippen molar-refractivity contribution < 1.29 is 43.3 Å². The number of aliphatic carboxylic acids is 1. The van der Waals surface area contributed by atoms with Crippen molar-refractivity contribution in [2.45, 2.75) is 76.8 Å². The summed E-state index contributed by atoms with van der Waals surface area (Å²) in [6.45, 7) is 2.45. The Labute approximate surface area is 514 Å². The maximum Gasteiger partial charge on any atom is 0.325 e. The number of nitrogens with zero attached hydrogens (tertiary/aromatic N) is 11. The molecule has 29 heteroatoms. The second kappa shape index (κ2) is 27.8. The van der Waals surface area contributed by atoms with E-state index in [9.17, 15) is 28.8 Å². The number of nitrogens with one attached hydrogen (secondary N) is 3. The Bertz CT molecular complexity index is 3720. The number of hydrogen-bond donors (Lipinski definition) is 4. The minimum atomic E-state index is -1.03. The highest BCUT2D eigenvalue weighted by molar-refractivity contribution is 9.10. The molecule has 2 aliphatic carbocycles. The molecular weight excluding hydrogens is 1280 g/mol. The Morgan fingerprint density at radius 1 is 0.651 bits per heavy atom. The smallest absolute Gasteiger partial charge is 0.325 e. The highest BCUT2D eigenvalue weighted by atomic mass is 79.9. The molecule has 4 N–H and O–H groups in total. The van der Waals surface area contributed by atoms with E-state index in [2.05, 4.69) is 110 Å². The molecule has 0 radical (unpaired) electrons. The Kier molecular flexibility index (Phi) is 21.2. The van der Waals surface area contributed by atoms with Gasteiger partial charge in [-0.1, -0.05) is 24.3 Å². The molecule has 2 aromatic carbocycles. The van der Waals surface area contributed by atoms with Crippen LogP contribution in [0.5, 0.6) is 12.0 Å². The van der Waals surface area contributed by atoms with Gasteiger partial charge >= 0.3 is 18.0 Å². The molecule has 23 nitrogen and oxygen atoms in total. The Morgan fingerprint density at radius 3 is 1.57 bits per heavy atom. The van der Waals surface area contributed by atoms with Crippen LogP contribution in [0.15, 0.2) is 107 Å². The number of halogens is 3. The van der Waals surface area contributed by atoms with Crippen molar-refractivity contribution in [3.8, 4) is 34.3 Å². The van der Waals surface area contributed by atoms with E-state index in [0.717, 1.165) is 45.6 Å². The number of piperidine rings is 2. The fourth-order valence-electron chi connectivity index (χ4n) is 9.91. The number of carbonyl (C=O) groups excluding carboxylic acids is 5. The second-order valence-electron chi connectivity index (χ2n) is 19.2. The lowest BCUT2D eigenvalue weighted by atomic mass is 10.0. The topological polar surface area (TPSA) is 293 Å². The van der Waals surface area contributed by atoms with Gasteiger partial charge in [0.25, 0.3) is 0 Å². The quantitative estimate of drug-likeness (QED) is 0.0611. The summed E-state index contributed by atoms with van der Waals surface area (Å²) in [5.74, 6) is 0.148. The molecule has 8 heterocycles. The van der Waals surface area contributed by atoms with Gasteiger partial charge in [0.15, 0.2) is 11.6 Å². The SMILES string of the molecule is COc1ncc(-c2ccc3c(c2)c(C(C)=O)nn3CC(=O)N2[C@@H]3C[C@@H]3C[C@H]2C(=O)Nc2cccc(Br)n2)cn1.COc1ncc(-c2ccc3c(c2)c(C(C)=O)nn3CC(=O)O)cn1.Cl.O=C(Nc1cccc(Br)n1)[C@@H]1C[C@H]2C[C@H]2N1.S.S=S. The summed E-state index contributed by atoms with van der Waals surface area (Å²) in [5.41, 5.74) is 4.84. The monoisotopic (exact) mass is 1330 g/mol. The van der Waals surface area contributed by atoms with Crippen LogP contribution in [-0.4, -0.2) is 133 Å². The Balaban J connectivity index is 0.000000192. The van der Waals surface area contributed by atoms with Gasteiger partial charge in [-0.05, 0) is 129 Å². The molecule has 4 fully saturated rings. The minimum absolute atomic E-state index is 0. The number of ether oxygens (including phenoxy) is 2. The van der Waals surface area contributed by atoms with E-state index in [1.54, 1.807) is 76.8 Å². The molecule has 0 bridgehead atoms. The van der Waals surface area contributed by atoms with Crippen LogP contribution in [0.2, 0.25) is 0 Å². The van der Waals surface area contributed by atoms with E-state index < -0.39 is 12.0 Å². The third-order valence-corrected chi connectivity index (χ3v) is 14.7. The number of fused-ring (bicyclic) bond motifs is 4. The number of amides is 3. The van der Waals surface area contributed by atoms with Crippen molar-refractivity contribution in [2.75, 3.05) is 24.9 Å². The number of methoxy groups -OCH3 is 2. The number of ketones is 2. The predicted octanol–water partition coefficient (Wildman–Crippen LogP) is 7.34. The largest absolute Gasteiger partial charge is 0.480 e. The number of benzene rings is 2. The number of hydrogen-bond acceptors (Lipinski definition) is 19. The van der Waals surface area contributed by atoms with Crippen molar-refractivity contribution in [2.24, 2.45) is 11.8 Å². The number of rotatable bonds is 14. The Hall–Kier alpha value is -7.34. The summed E-state index contributed by atoms with van der Waals surface area (Å²) < 4.78 is 14.2. The van der Waals surface area contributed by atoms with Crippen molar-refractivity contribution in [1.29, 1.82) is 0 Å². The fraction of sp³-hybridized carbons (Fsp3) is 0.296. The van der Waals surface area contributed by atoms with Crippen LogP contribution in [0.1, 0.15) is 60.5 Å². The lowest BCUT2D eigenvalue weighted by Gasteiger charge is -2.26. The summed E-state index contributed by atoms with van der Waals surface area (Å²) in [6, 6.07) is 22.1. The zero-order valence-electron chi connectivity index (χ0n) is 44.6. The maximum atomic E-state index is 13.6. The van der Waals surface area contributed by atoms with Crippen LogP contribution in [0.25, 0.3) is 44.1 Å². The van der Waals surface area contributed by atoms with Crippen molar-refractivity contribution in [1.82, 2.24) is 59.7 Å². The lowest BCUT2D eigenvalue weighted by molar-refractivity contribution is -0.138. The molecule has 3 amide bonds. The van der Waals surface area contributed by atoms with E-state index in [4.69, 9.17) is 14.6 Å². The molecule has 12 rings (SSSR count). The number of carbonyl (C=O) groups is 6. The second-order valence-corrected chi connectivity index (χ2v) is 20.9. The van der Waals surface area contributed by atoms with E-state index in [1.165, 1.54) is 39.2 Å². The molecule has 4 aliphatic rings. The first-order chi connectivity index (χ1) is 39.0. The molecule has 6 aromatic heterocycles. The number of pyridine rings is 2. The van der Waals surface area contributed by atoms with Crippen LogP contribution in [-0.2, 0) is 54.6 Å². The van der Waals surface area contributed by atoms with Gasteiger partial charge < -0.3 is 35.4 Å². The van der Waals surface area contributed by atoms with Gasteiger partial charge in [0.05, 0.1) is 31.3 Å². The first-order valence-electron chi connectivity index (χ1n) is 25.1. The van der Waals surface area contributed by atoms with Gasteiger partial charge in [-0.3, -0.25) is 38.1 Å². The molecule has 6 atom stereocenters. The van der Waals surface area contributed by atoms with Gasteiger partial charge in [0.2, 0.25) is 17.7 Å². The van der Waals surface area contributed by atoms with Gasteiger partial charge in [-0.25, -0.2) is 29.9 Å². The van der Waals surface area contributed by atoms with Crippen LogP contribution in [0.4, 0.5) is 11.6 Å². The molecule has 2 saturated heterocycles. The normalized spacial score (nSPS) is 18.3. The number of anilines is 2. The summed E-state index contributed by atoms with van der Waals surface area (Å²) in [4.78, 5) is 100. The first kappa shape index (κ1) is 63.2. The number of aromatic nitrogens is 10. The average molecular weight is 1330 g/mol. The Morgan fingerprint density at radius 2 is 1.13 bits per heavy atom. The van der Waals surface area contributed by atoms with Crippen LogP contribution in [0.3, 0.4) is 0 Å². The number of carboxylic acid groups (broad SMARTS) is 1. The summed E-state index contributed by atoms with van der Waals surface area (Å²) in [6.07, 6.45) is 10.2. The summed E-state index contributed by atoms with van der Waals surface area (Å²) in [5, 5.41) is 27.8. The molecule has 8 aromatic rings. The zero-order chi connectivity index (χ0) is 57.6. The first-order valence-corrected chi connectivity index (χ1v) is 28.0. The third kappa shape index (κ3) is 14.9. The highest BCUT2D eigenvalue weighted by Gasteiger charge is 2.56. The molecular formula is C54H53Br2ClN14O9S3. The van der Waals surface area contributed by atoms with Crippen LogP contribution < -0.4 is 25.4 Å². The molecule has 2 aliphatic heterocycles. The van der Waals surface area contributed by atoms with E-state index >= 15 is 0 Å². The van der Waals surface area contributed by atoms with Crippen molar-refractivity contribution in [3.63, 3.8) is 0 Å². The van der Waals surface area contributed by atoms with E-state index in [0.29, 0.717) is 56.4 Å². The zero-order valence-corrected chi connectivity index (χ0v) is 51.2. The van der Waals surface area contributed by atoms with Gasteiger partial charge in [-0.15, -0.1) is 12.4 Å². The minimum Gasteiger partial charge on any atom is -0.480 e. The summed E-state index contributed by atoms with van der Waals surface area (Å²) >= 11 is 13.9. The summed E-state index contributed by atoms with van der Waals surface area (Å²) in [7, 11) is 2.98. The van der Waals surface area contributed by atoms with Gasteiger partial charge in [0.1, 0.15) is 51.4 Å². The number of Topliss-reactive ketones (excluding diaryl/α,β-unsaturated/α-hetero) is 2. The molecule has 83 heavy (non-hydrogen) atoms. The van der Waals surface area contributed by atoms with Crippen LogP contribution >= 0.6 is 57.8 Å². The molecule has 0 spiro atoms.